The van der Waals surface area contributed by atoms with E-state index in [1.807, 2.05) is 0 Å². The Kier molecular flexibility index (Phi) is 4.11. The zero-order valence-corrected chi connectivity index (χ0v) is 12.6. The topological polar surface area (TPSA) is 38.5 Å². The van der Waals surface area contributed by atoms with Gasteiger partial charge in [-0.25, -0.2) is 0 Å². The number of likely N-dealkylation sites (N-methyl/N-ethyl adjacent to an activating group) is 1. The van der Waals surface area contributed by atoms with E-state index >= 15 is 0 Å². The lowest BCUT2D eigenvalue weighted by molar-refractivity contribution is 0.0594. The van der Waals surface area contributed by atoms with Crippen molar-refractivity contribution < 1.29 is 4.74 Å². The average molecular weight is 274 g/mol. The number of hydrogen-bond acceptors (Lipinski definition) is 3. The molecule has 3 nitrogen and oxygen atoms in total. The van der Waals surface area contributed by atoms with Crippen molar-refractivity contribution in [2.75, 3.05) is 13.7 Å². The van der Waals surface area contributed by atoms with Gasteiger partial charge in [-0.1, -0.05) is 24.3 Å². The molecule has 1 saturated heterocycles. The molecule has 2 N–H and O–H groups in total. The van der Waals surface area contributed by atoms with Gasteiger partial charge in [0, 0.05) is 24.7 Å². The normalized spacial score (nSPS) is 34.0. The fraction of sp³-hybridized carbons (Fsp3) is 0.647. The van der Waals surface area contributed by atoms with Crippen molar-refractivity contribution in [3.05, 3.63) is 35.4 Å². The molecule has 110 valence electrons. The predicted octanol–water partition coefficient (Wildman–Crippen LogP) is 2.50. The molecule has 3 heteroatoms. The van der Waals surface area contributed by atoms with Crippen molar-refractivity contribution in [3.8, 4) is 0 Å². The summed E-state index contributed by atoms with van der Waals surface area (Å²) in [6.07, 6.45) is 5.01. The lowest BCUT2D eigenvalue weighted by atomic mass is 9.94. The maximum atomic E-state index is 6.62. The minimum atomic E-state index is 0.117. The van der Waals surface area contributed by atoms with E-state index in [9.17, 15) is 0 Å². The van der Waals surface area contributed by atoms with E-state index in [-0.39, 0.29) is 6.04 Å². The summed E-state index contributed by atoms with van der Waals surface area (Å²) < 4.78 is 5.73. The minimum absolute atomic E-state index is 0.117. The van der Waals surface area contributed by atoms with Crippen LogP contribution in [0, 0.1) is 0 Å². The zero-order valence-electron chi connectivity index (χ0n) is 12.6. The molecule has 4 atom stereocenters. The van der Waals surface area contributed by atoms with Crippen LogP contribution in [-0.4, -0.2) is 36.7 Å². The summed E-state index contributed by atoms with van der Waals surface area (Å²) in [6.45, 7) is 3.07. The van der Waals surface area contributed by atoms with Crippen LogP contribution in [0.5, 0.6) is 0 Å². The summed E-state index contributed by atoms with van der Waals surface area (Å²) in [5, 5.41) is 0. The molecule has 20 heavy (non-hydrogen) atoms. The van der Waals surface area contributed by atoms with Crippen LogP contribution in [0.1, 0.15) is 43.4 Å². The molecule has 1 heterocycles. The third-order valence-corrected chi connectivity index (χ3v) is 5.16. The van der Waals surface area contributed by atoms with Gasteiger partial charge in [-0.3, -0.25) is 4.90 Å². The van der Waals surface area contributed by atoms with Gasteiger partial charge in [0.15, 0.2) is 0 Å². The number of ether oxygens (including phenoxy) is 1. The summed E-state index contributed by atoms with van der Waals surface area (Å²) in [4.78, 5) is 2.49. The highest BCUT2D eigenvalue weighted by molar-refractivity contribution is 5.32. The second-order valence-corrected chi connectivity index (χ2v) is 6.28. The van der Waals surface area contributed by atoms with Crippen molar-refractivity contribution in [3.63, 3.8) is 0 Å². The van der Waals surface area contributed by atoms with Crippen LogP contribution in [0.25, 0.3) is 0 Å². The monoisotopic (exact) mass is 274 g/mol. The van der Waals surface area contributed by atoms with E-state index < -0.39 is 0 Å². The third kappa shape index (κ3) is 2.50. The largest absolute Gasteiger partial charge is 0.377 e. The van der Waals surface area contributed by atoms with Crippen molar-refractivity contribution in [2.24, 2.45) is 5.73 Å². The number of rotatable bonds is 2. The van der Waals surface area contributed by atoms with Gasteiger partial charge in [0.25, 0.3) is 0 Å². The Hall–Kier alpha value is -0.900. The van der Waals surface area contributed by atoms with E-state index in [0.29, 0.717) is 18.2 Å². The molecule has 0 radical (unpaired) electrons. The Morgan fingerprint density at radius 3 is 2.75 bits per heavy atom. The Bertz CT molecular complexity index is 462. The van der Waals surface area contributed by atoms with Crippen molar-refractivity contribution in [1.29, 1.82) is 0 Å². The van der Waals surface area contributed by atoms with Crippen molar-refractivity contribution in [2.45, 2.75) is 56.8 Å². The predicted molar refractivity (Wildman–Crippen MR) is 81.7 cm³/mol. The number of fused-ring (bicyclic) bond motifs is 1. The highest BCUT2D eigenvalue weighted by Crippen LogP contribution is 2.32. The Balaban J connectivity index is 1.83. The molecule has 1 aromatic carbocycles. The van der Waals surface area contributed by atoms with E-state index in [1.54, 1.807) is 0 Å². The first-order chi connectivity index (χ1) is 9.68. The van der Waals surface area contributed by atoms with Gasteiger partial charge in [-0.15, -0.1) is 0 Å². The van der Waals surface area contributed by atoms with Gasteiger partial charge in [0.1, 0.15) is 0 Å². The second-order valence-electron chi connectivity index (χ2n) is 6.28. The molecule has 0 saturated carbocycles. The van der Waals surface area contributed by atoms with E-state index in [2.05, 4.69) is 43.1 Å². The average Bonchev–Trinajstić information content (AvgIpc) is 2.81. The zero-order chi connectivity index (χ0) is 14.1. The Morgan fingerprint density at radius 2 is 2.00 bits per heavy atom. The van der Waals surface area contributed by atoms with E-state index in [0.717, 1.165) is 19.4 Å². The molecule has 2 aliphatic rings. The number of aryl methyl sites for hydroxylation is 1. The molecule has 1 fully saturated rings. The number of hydrogen-bond donors (Lipinski definition) is 1. The lowest BCUT2D eigenvalue weighted by Crippen LogP contribution is -2.48. The molecule has 0 amide bonds. The van der Waals surface area contributed by atoms with Crippen LogP contribution in [0.3, 0.4) is 0 Å². The summed E-state index contributed by atoms with van der Waals surface area (Å²) in [5.74, 6) is 0. The smallest absolute Gasteiger partial charge is 0.0703 e. The number of benzene rings is 1. The number of nitrogens with two attached hydrogens (primary N) is 1. The van der Waals surface area contributed by atoms with Crippen molar-refractivity contribution >= 4 is 0 Å². The first-order valence-corrected chi connectivity index (χ1v) is 7.85. The molecular formula is C17H26N2O. The van der Waals surface area contributed by atoms with Crippen LogP contribution in [-0.2, 0) is 11.2 Å². The molecule has 0 bridgehead atoms. The molecule has 1 aliphatic heterocycles. The van der Waals surface area contributed by atoms with E-state index in [1.165, 1.54) is 24.0 Å². The fourth-order valence-electron chi connectivity index (χ4n) is 3.93. The summed E-state index contributed by atoms with van der Waals surface area (Å²) in [6, 6.07) is 9.74. The molecular weight excluding hydrogens is 248 g/mol. The van der Waals surface area contributed by atoms with Gasteiger partial charge in [-0.2, -0.15) is 0 Å². The van der Waals surface area contributed by atoms with Crippen LogP contribution in [0.2, 0.25) is 0 Å². The first-order valence-electron chi connectivity index (χ1n) is 7.85. The standard InChI is InChI=1S/C17H26N2O/c1-12-15(10-11-20-12)19(2)16-9-5-7-13-6-3-4-8-14(13)17(16)18/h3-4,6,8,12,15-17H,5,7,9-11,18H2,1-2H3. The van der Waals surface area contributed by atoms with Crippen LogP contribution in [0.15, 0.2) is 24.3 Å². The Labute approximate surface area is 122 Å². The molecule has 1 aromatic rings. The van der Waals surface area contributed by atoms with Crippen LogP contribution >= 0.6 is 0 Å². The maximum Gasteiger partial charge on any atom is 0.0703 e. The van der Waals surface area contributed by atoms with Gasteiger partial charge in [0.05, 0.1) is 6.10 Å². The fourth-order valence-corrected chi connectivity index (χ4v) is 3.93. The number of nitrogens with zero attached hydrogens (tertiary/aromatic N) is 1. The highest BCUT2D eigenvalue weighted by atomic mass is 16.5. The summed E-state index contributed by atoms with van der Waals surface area (Å²) in [7, 11) is 2.23. The van der Waals surface area contributed by atoms with Gasteiger partial charge < -0.3 is 10.5 Å². The second kappa shape index (κ2) is 5.84. The quantitative estimate of drug-likeness (QED) is 0.842. The SMILES string of the molecule is CC1OCCC1N(C)C1CCCc2ccccc2C1N. The summed E-state index contributed by atoms with van der Waals surface area (Å²) in [5.41, 5.74) is 9.40. The third-order valence-electron chi connectivity index (χ3n) is 5.16. The maximum absolute atomic E-state index is 6.62. The van der Waals surface area contributed by atoms with Gasteiger partial charge >= 0.3 is 0 Å². The van der Waals surface area contributed by atoms with Crippen molar-refractivity contribution in [1.82, 2.24) is 4.90 Å². The Morgan fingerprint density at radius 1 is 1.20 bits per heavy atom. The minimum Gasteiger partial charge on any atom is -0.377 e. The molecule has 0 spiro atoms. The molecule has 4 unspecified atom stereocenters. The van der Waals surface area contributed by atoms with Crippen LogP contribution < -0.4 is 5.73 Å². The molecule has 3 rings (SSSR count). The van der Waals surface area contributed by atoms with Gasteiger partial charge in [-0.05, 0) is 50.8 Å². The van der Waals surface area contributed by atoms with Crippen LogP contribution in [0.4, 0.5) is 0 Å². The lowest BCUT2D eigenvalue weighted by Gasteiger charge is -2.37. The van der Waals surface area contributed by atoms with Gasteiger partial charge in [0.2, 0.25) is 0 Å². The first kappa shape index (κ1) is 14.1. The summed E-state index contributed by atoms with van der Waals surface area (Å²) >= 11 is 0. The highest BCUT2D eigenvalue weighted by Gasteiger charge is 2.35. The molecule has 0 aromatic heterocycles. The molecule has 1 aliphatic carbocycles. The van der Waals surface area contributed by atoms with E-state index in [4.69, 9.17) is 10.5 Å².